The Bertz CT molecular complexity index is 301. The smallest absolute Gasteiger partial charge is 0.238 e. The van der Waals surface area contributed by atoms with Gasteiger partial charge < -0.3 is 11.5 Å². The number of rotatable bonds is 2. The SMILES string of the molecule is NC(=O)[C@H](N)c1ccccc1Cl. The summed E-state index contributed by atoms with van der Waals surface area (Å²) in [6.45, 7) is 0. The van der Waals surface area contributed by atoms with Gasteiger partial charge in [0.25, 0.3) is 0 Å². The minimum Gasteiger partial charge on any atom is -0.368 e. The second kappa shape index (κ2) is 3.56. The largest absolute Gasteiger partial charge is 0.368 e. The maximum atomic E-state index is 10.7. The van der Waals surface area contributed by atoms with Crippen LogP contribution in [0.5, 0.6) is 0 Å². The van der Waals surface area contributed by atoms with Crippen LogP contribution in [0.3, 0.4) is 0 Å². The lowest BCUT2D eigenvalue weighted by Crippen LogP contribution is -2.28. The average molecular weight is 185 g/mol. The molecular formula is C8H9ClN2O. The standard InChI is InChI=1S/C8H9ClN2O/c9-6-4-2-1-3-5(6)7(10)8(11)12/h1-4,7H,10H2,(H2,11,12)/t7-/m1/s1. The van der Waals surface area contributed by atoms with Gasteiger partial charge in [-0.1, -0.05) is 29.8 Å². The van der Waals surface area contributed by atoms with Crippen LogP contribution < -0.4 is 11.5 Å². The lowest BCUT2D eigenvalue weighted by molar-refractivity contribution is -0.119. The molecule has 12 heavy (non-hydrogen) atoms. The van der Waals surface area contributed by atoms with Crippen LogP contribution >= 0.6 is 11.6 Å². The molecule has 0 aliphatic carbocycles. The van der Waals surface area contributed by atoms with Gasteiger partial charge in [0.15, 0.2) is 0 Å². The second-order valence-corrected chi connectivity index (χ2v) is 2.81. The summed E-state index contributed by atoms with van der Waals surface area (Å²) < 4.78 is 0. The summed E-state index contributed by atoms with van der Waals surface area (Å²) in [6, 6.07) is 6.04. The van der Waals surface area contributed by atoms with Gasteiger partial charge in [0.2, 0.25) is 5.91 Å². The Morgan fingerprint density at radius 2 is 2.00 bits per heavy atom. The zero-order valence-electron chi connectivity index (χ0n) is 6.33. The van der Waals surface area contributed by atoms with Crippen molar-refractivity contribution in [3.05, 3.63) is 34.9 Å². The van der Waals surface area contributed by atoms with E-state index in [2.05, 4.69) is 0 Å². The fourth-order valence-electron chi connectivity index (χ4n) is 0.881. The number of primary amides is 1. The minimum atomic E-state index is -0.821. The molecule has 0 bridgehead atoms. The van der Waals surface area contributed by atoms with Gasteiger partial charge in [-0.15, -0.1) is 0 Å². The number of benzene rings is 1. The Morgan fingerprint density at radius 3 is 2.50 bits per heavy atom. The average Bonchev–Trinajstić information content (AvgIpc) is 2.04. The molecule has 4 N–H and O–H groups in total. The first-order chi connectivity index (χ1) is 5.63. The van der Waals surface area contributed by atoms with Crippen LogP contribution in [0.25, 0.3) is 0 Å². The van der Waals surface area contributed by atoms with E-state index in [1.165, 1.54) is 0 Å². The molecule has 0 fully saturated rings. The molecule has 0 saturated carbocycles. The summed E-state index contributed by atoms with van der Waals surface area (Å²) >= 11 is 5.78. The molecule has 0 aliphatic heterocycles. The van der Waals surface area contributed by atoms with Gasteiger partial charge in [0.1, 0.15) is 6.04 Å². The van der Waals surface area contributed by atoms with Gasteiger partial charge in [0, 0.05) is 5.02 Å². The second-order valence-electron chi connectivity index (χ2n) is 2.40. The Hall–Kier alpha value is -1.06. The van der Waals surface area contributed by atoms with Crippen molar-refractivity contribution >= 4 is 17.5 Å². The van der Waals surface area contributed by atoms with Crippen molar-refractivity contribution in [2.24, 2.45) is 11.5 Å². The number of amides is 1. The van der Waals surface area contributed by atoms with Crippen molar-refractivity contribution in [2.45, 2.75) is 6.04 Å². The van der Waals surface area contributed by atoms with Gasteiger partial charge in [-0.2, -0.15) is 0 Å². The van der Waals surface area contributed by atoms with Crippen molar-refractivity contribution in [3.8, 4) is 0 Å². The number of hydrogen-bond donors (Lipinski definition) is 2. The number of halogens is 1. The molecular weight excluding hydrogens is 176 g/mol. The normalized spacial score (nSPS) is 12.5. The molecule has 0 saturated heterocycles. The Balaban J connectivity index is 3.02. The molecule has 0 spiro atoms. The molecule has 0 radical (unpaired) electrons. The van der Waals surface area contributed by atoms with E-state index in [1.807, 2.05) is 0 Å². The Kier molecular flexibility index (Phi) is 2.68. The summed E-state index contributed by atoms with van der Waals surface area (Å²) in [5.41, 5.74) is 11.1. The van der Waals surface area contributed by atoms with Crippen LogP contribution in [0, 0.1) is 0 Å². The highest BCUT2D eigenvalue weighted by Gasteiger charge is 2.14. The van der Waals surface area contributed by atoms with E-state index in [0.717, 1.165) is 0 Å². The van der Waals surface area contributed by atoms with Crippen molar-refractivity contribution < 1.29 is 4.79 Å². The van der Waals surface area contributed by atoms with E-state index in [1.54, 1.807) is 24.3 Å². The first-order valence-corrected chi connectivity index (χ1v) is 3.80. The zero-order valence-corrected chi connectivity index (χ0v) is 7.08. The topological polar surface area (TPSA) is 69.1 Å². The van der Waals surface area contributed by atoms with Gasteiger partial charge in [0.05, 0.1) is 0 Å². The molecule has 4 heteroatoms. The lowest BCUT2D eigenvalue weighted by Gasteiger charge is -2.08. The monoisotopic (exact) mass is 184 g/mol. The fraction of sp³-hybridized carbons (Fsp3) is 0.125. The van der Waals surface area contributed by atoms with E-state index < -0.39 is 11.9 Å². The lowest BCUT2D eigenvalue weighted by atomic mass is 10.1. The number of hydrogen-bond acceptors (Lipinski definition) is 2. The molecule has 0 unspecified atom stereocenters. The predicted octanol–water partition coefficient (Wildman–Crippen LogP) is 0.825. The summed E-state index contributed by atoms with van der Waals surface area (Å²) in [5, 5.41) is 0.462. The van der Waals surface area contributed by atoms with E-state index in [9.17, 15) is 4.79 Å². The molecule has 1 atom stereocenters. The third-order valence-electron chi connectivity index (χ3n) is 1.55. The van der Waals surface area contributed by atoms with Crippen LogP contribution in [0.15, 0.2) is 24.3 Å². The predicted molar refractivity (Wildman–Crippen MR) is 47.6 cm³/mol. The number of carbonyl (C=O) groups is 1. The maximum Gasteiger partial charge on any atom is 0.238 e. The highest BCUT2D eigenvalue weighted by atomic mass is 35.5. The first kappa shape index (κ1) is 9.03. The van der Waals surface area contributed by atoms with E-state index in [0.29, 0.717) is 10.6 Å². The van der Waals surface area contributed by atoms with Crippen LogP contribution in [-0.2, 0) is 4.79 Å². The maximum absolute atomic E-state index is 10.7. The highest BCUT2D eigenvalue weighted by Crippen LogP contribution is 2.20. The molecule has 0 aromatic heterocycles. The summed E-state index contributed by atoms with van der Waals surface area (Å²) in [4.78, 5) is 10.7. The Morgan fingerprint density at radius 1 is 1.42 bits per heavy atom. The molecule has 1 rings (SSSR count). The van der Waals surface area contributed by atoms with Gasteiger partial charge >= 0.3 is 0 Å². The van der Waals surface area contributed by atoms with Crippen LogP contribution in [0.4, 0.5) is 0 Å². The first-order valence-electron chi connectivity index (χ1n) is 3.42. The summed E-state index contributed by atoms with van der Waals surface area (Å²) in [7, 11) is 0. The molecule has 1 aromatic carbocycles. The van der Waals surface area contributed by atoms with Crippen LogP contribution in [0.1, 0.15) is 11.6 Å². The zero-order chi connectivity index (χ0) is 9.14. The van der Waals surface area contributed by atoms with Crippen molar-refractivity contribution in [3.63, 3.8) is 0 Å². The third kappa shape index (κ3) is 1.75. The van der Waals surface area contributed by atoms with Gasteiger partial charge in [-0.05, 0) is 11.6 Å². The quantitative estimate of drug-likeness (QED) is 0.715. The highest BCUT2D eigenvalue weighted by molar-refractivity contribution is 6.31. The van der Waals surface area contributed by atoms with Gasteiger partial charge in [-0.3, -0.25) is 4.79 Å². The summed E-state index contributed by atoms with van der Waals surface area (Å²) in [6.07, 6.45) is 0. The molecule has 64 valence electrons. The van der Waals surface area contributed by atoms with Crippen LogP contribution in [0.2, 0.25) is 5.02 Å². The van der Waals surface area contributed by atoms with Gasteiger partial charge in [-0.25, -0.2) is 0 Å². The van der Waals surface area contributed by atoms with E-state index >= 15 is 0 Å². The van der Waals surface area contributed by atoms with Crippen molar-refractivity contribution in [1.29, 1.82) is 0 Å². The Labute approximate surface area is 75.3 Å². The molecule has 1 amide bonds. The summed E-state index contributed by atoms with van der Waals surface area (Å²) in [5.74, 6) is -0.580. The molecule has 1 aromatic rings. The molecule has 0 aliphatic rings. The third-order valence-corrected chi connectivity index (χ3v) is 1.89. The van der Waals surface area contributed by atoms with Crippen molar-refractivity contribution in [1.82, 2.24) is 0 Å². The van der Waals surface area contributed by atoms with Crippen molar-refractivity contribution in [2.75, 3.05) is 0 Å². The minimum absolute atomic E-state index is 0.462. The number of carbonyl (C=O) groups excluding carboxylic acids is 1. The van der Waals surface area contributed by atoms with Crippen LogP contribution in [-0.4, -0.2) is 5.91 Å². The number of nitrogens with two attached hydrogens (primary N) is 2. The fourth-order valence-corrected chi connectivity index (χ4v) is 1.13. The van der Waals surface area contributed by atoms with E-state index in [-0.39, 0.29) is 0 Å². The van der Waals surface area contributed by atoms with E-state index in [4.69, 9.17) is 23.1 Å². The molecule has 3 nitrogen and oxygen atoms in total. The molecule has 0 heterocycles.